The Morgan fingerprint density at radius 3 is 2.32 bits per heavy atom. The molecule has 0 heterocycles. The molecule has 3 nitrogen and oxygen atoms in total. The number of benzene rings is 1. The third-order valence-electron chi connectivity index (χ3n) is 3.26. The van der Waals surface area contributed by atoms with Gasteiger partial charge in [0.25, 0.3) is 0 Å². The molecule has 1 rings (SSSR count). The average molecular weight is 260 g/mol. The highest BCUT2D eigenvalue weighted by molar-refractivity contribution is 5.27. The summed E-state index contributed by atoms with van der Waals surface area (Å²) in [5, 5.41) is 9.07. The summed E-state index contributed by atoms with van der Waals surface area (Å²) in [5.41, 5.74) is 0.845. The van der Waals surface area contributed by atoms with Crippen molar-refractivity contribution in [2.45, 2.75) is 45.8 Å². The van der Waals surface area contributed by atoms with E-state index in [9.17, 15) is 0 Å². The third-order valence-corrected chi connectivity index (χ3v) is 3.26. The number of hydrogen-bond donors (Lipinski definition) is 0. The summed E-state index contributed by atoms with van der Waals surface area (Å²) in [5.74, 6) is 0.907. The van der Waals surface area contributed by atoms with E-state index >= 15 is 0 Å². The molecule has 19 heavy (non-hydrogen) atoms. The summed E-state index contributed by atoms with van der Waals surface area (Å²) >= 11 is 0. The van der Waals surface area contributed by atoms with Crippen molar-refractivity contribution in [3.63, 3.8) is 0 Å². The van der Waals surface area contributed by atoms with Gasteiger partial charge in [-0.05, 0) is 58.9 Å². The molecule has 0 aliphatic carbocycles. The number of ether oxygens (including phenoxy) is 1. The van der Waals surface area contributed by atoms with Gasteiger partial charge in [0, 0.05) is 6.54 Å². The molecule has 0 bridgehead atoms. The van der Waals surface area contributed by atoms with E-state index in [0.29, 0.717) is 0 Å². The zero-order valence-corrected chi connectivity index (χ0v) is 12.6. The van der Waals surface area contributed by atoms with Crippen molar-refractivity contribution in [3.05, 3.63) is 29.8 Å². The fraction of sp³-hybridized carbons (Fsp3) is 0.562. The normalized spacial score (nSPS) is 11.7. The SMILES string of the molecule is CC(C)Oc1ccc(CCN(C)C(C)(C)C#N)cc1. The first-order valence-electron chi connectivity index (χ1n) is 6.73. The van der Waals surface area contributed by atoms with Gasteiger partial charge in [-0.3, -0.25) is 4.90 Å². The van der Waals surface area contributed by atoms with Gasteiger partial charge in [0.05, 0.1) is 12.2 Å². The van der Waals surface area contributed by atoms with Crippen LogP contribution in [0.15, 0.2) is 24.3 Å². The lowest BCUT2D eigenvalue weighted by Gasteiger charge is -2.28. The third kappa shape index (κ3) is 4.92. The maximum absolute atomic E-state index is 9.07. The molecule has 0 radical (unpaired) electrons. The molecule has 0 saturated carbocycles. The topological polar surface area (TPSA) is 36.3 Å². The Morgan fingerprint density at radius 1 is 1.26 bits per heavy atom. The van der Waals surface area contributed by atoms with Crippen molar-refractivity contribution in [3.8, 4) is 11.8 Å². The Kier molecular flexibility index (Phi) is 5.38. The second-order valence-electron chi connectivity index (χ2n) is 5.65. The highest BCUT2D eigenvalue weighted by Gasteiger charge is 2.21. The van der Waals surface area contributed by atoms with Gasteiger partial charge in [-0.1, -0.05) is 12.1 Å². The highest BCUT2D eigenvalue weighted by atomic mass is 16.5. The van der Waals surface area contributed by atoms with E-state index in [4.69, 9.17) is 10.00 Å². The molecule has 0 N–H and O–H groups in total. The van der Waals surface area contributed by atoms with Crippen molar-refractivity contribution in [2.24, 2.45) is 0 Å². The Hall–Kier alpha value is -1.53. The first kappa shape index (κ1) is 15.5. The molecule has 3 heteroatoms. The number of likely N-dealkylation sites (N-methyl/N-ethyl adjacent to an activating group) is 1. The number of hydrogen-bond acceptors (Lipinski definition) is 3. The molecule has 0 unspecified atom stereocenters. The quantitative estimate of drug-likeness (QED) is 0.787. The van der Waals surface area contributed by atoms with Crippen LogP contribution in [-0.2, 0) is 6.42 Å². The number of nitriles is 1. The summed E-state index contributed by atoms with van der Waals surface area (Å²) in [7, 11) is 1.99. The van der Waals surface area contributed by atoms with Crippen molar-refractivity contribution >= 4 is 0 Å². The van der Waals surface area contributed by atoms with Gasteiger partial charge < -0.3 is 4.74 Å². The molecule has 0 aromatic heterocycles. The van der Waals surface area contributed by atoms with Crippen LogP contribution in [0.2, 0.25) is 0 Å². The van der Waals surface area contributed by atoms with Gasteiger partial charge in [-0.15, -0.1) is 0 Å². The van der Waals surface area contributed by atoms with E-state index in [1.165, 1.54) is 5.56 Å². The van der Waals surface area contributed by atoms with E-state index in [1.54, 1.807) is 0 Å². The van der Waals surface area contributed by atoms with Crippen LogP contribution in [0.1, 0.15) is 33.3 Å². The summed E-state index contributed by atoms with van der Waals surface area (Å²) in [6, 6.07) is 10.5. The van der Waals surface area contributed by atoms with Gasteiger partial charge in [-0.2, -0.15) is 5.26 Å². The molecule has 0 atom stereocenters. The largest absolute Gasteiger partial charge is 0.491 e. The minimum Gasteiger partial charge on any atom is -0.491 e. The van der Waals surface area contributed by atoms with Crippen LogP contribution in [0.3, 0.4) is 0 Å². The molecular weight excluding hydrogens is 236 g/mol. The predicted octanol–water partition coefficient (Wildman–Crippen LogP) is 3.25. The first-order valence-corrected chi connectivity index (χ1v) is 6.73. The van der Waals surface area contributed by atoms with Crippen molar-refractivity contribution in [1.29, 1.82) is 5.26 Å². The van der Waals surface area contributed by atoms with Gasteiger partial charge in [-0.25, -0.2) is 0 Å². The van der Waals surface area contributed by atoms with Crippen LogP contribution in [0.5, 0.6) is 5.75 Å². The van der Waals surface area contributed by atoms with Crippen molar-refractivity contribution in [1.82, 2.24) is 4.90 Å². The first-order chi connectivity index (χ1) is 8.85. The van der Waals surface area contributed by atoms with E-state index in [1.807, 2.05) is 46.9 Å². The molecule has 1 aromatic rings. The molecule has 104 valence electrons. The Balaban J connectivity index is 2.53. The van der Waals surface area contributed by atoms with E-state index in [2.05, 4.69) is 23.1 Å². The standard InChI is InChI=1S/C16H24N2O/c1-13(2)19-15-8-6-14(7-9-15)10-11-18(5)16(3,4)12-17/h6-9,13H,10-11H2,1-5H3. The number of nitrogens with zero attached hydrogens (tertiary/aromatic N) is 2. The van der Waals surface area contributed by atoms with Crippen molar-refractivity contribution < 1.29 is 4.74 Å². The summed E-state index contributed by atoms with van der Waals surface area (Å²) < 4.78 is 5.61. The summed E-state index contributed by atoms with van der Waals surface area (Å²) in [6.45, 7) is 8.78. The predicted molar refractivity (Wildman–Crippen MR) is 78.2 cm³/mol. The summed E-state index contributed by atoms with van der Waals surface area (Å²) in [6.07, 6.45) is 1.14. The Morgan fingerprint density at radius 2 is 1.84 bits per heavy atom. The molecule has 1 aromatic carbocycles. The van der Waals surface area contributed by atoms with Crippen LogP contribution < -0.4 is 4.74 Å². The Labute approximate surface area is 116 Å². The zero-order valence-electron chi connectivity index (χ0n) is 12.6. The van der Waals surface area contributed by atoms with Gasteiger partial charge in [0.15, 0.2) is 0 Å². The lowest BCUT2D eigenvalue weighted by molar-refractivity contribution is 0.214. The number of rotatable bonds is 6. The second-order valence-corrected chi connectivity index (χ2v) is 5.65. The van der Waals surface area contributed by atoms with E-state index in [0.717, 1.165) is 18.7 Å². The molecule has 0 spiro atoms. The minimum absolute atomic E-state index is 0.202. The Bertz CT molecular complexity index is 429. The lowest BCUT2D eigenvalue weighted by atomic mass is 10.0. The second kappa shape index (κ2) is 6.58. The van der Waals surface area contributed by atoms with Gasteiger partial charge in [0.1, 0.15) is 11.3 Å². The van der Waals surface area contributed by atoms with E-state index < -0.39 is 5.54 Å². The molecule has 0 aliphatic rings. The maximum atomic E-state index is 9.07. The minimum atomic E-state index is -0.416. The maximum Gasteiger partial charge on any atom is 0.119 e. The lowest BCUT2D eigenvalue weighted by Crippen LogP contribution is -2.40. The van der Waals surface area contributed by atoms with E-state index in [-0.39, 0.29) is 6.10 Å². The molecule has 0 saturated heterocycles. The molecule has 0 fully saturated rings. The molecule has 0 aliphatic heterocycles. The smallest absolute Gasteiger partial charge is 0.119 e. The molecule has 0 amide bonds. The van der Waals surface area contributed by atoms with Crippen LogP contribution in [0.4, 0.5) is 0 Å². The van der Waals surface area contributed by atoms with Crippen LogP contribution in [-0.4, -0.2) is 30.1 Å². The fourth-order valence-electron chi connectivity index (χ4n) is 1.67. The van der Waals surface area contributed by atoms with Crippen molar-refractivity contribution in [2.75, 3.05) is 13.6 Å². The average Bonchev–Trinajstić information content (AvgIpc) is 2.36. The summed E-state index contributed by atoms with van der Waals surface area (Å²) in [4.78, 5) is 2.07. The monoisotopic (exact) mass is 260 g/mol. The molecular formula is C16H24N2O. The van der Waals surface area contributed by atoms with Crippen LogP contribution >= 0.6 is 0 Å². The van der Waals surface area contributed by atoms with Gasteiger partial charge in [0.2, 0.25) is 0 Å². The highest BCUT2D eigenvalue weighted by Crippen LogP contribution is 2.16. The van der Waals surface area contributed by atoms with Gasteiger partial charge >= 0.3 is 0 Å². The fourth-order valence-corrected chi connectivity index (χ4v) is 1.67. The zero-order chi connectivity index (χ0) is 14.5. The van der Waals surface area contributed by atoms with Crippen LogP contribution in [0.25, 0.3) is 0 Å². The van der Waals surface area contributed by atoms with Crippen LogP contribution in [0, 0.1) is 11.3 Å².